The Morgan fingerprint density at radius 2 is 1.71 bits per heavy atom. The first kappa shape index (κ1) is 20.9. The SMILES string of the molecule is COc1ccc(-c2[nH][nH]c3c4cccc(NC(=O)N=NC(=O)c5ccncc5)c4c(O)c2-3)cc1. The maximum atomic E-state index is 12.4. The van der Waals surface area contributed by atoms with Gasteiger partial charge in [0, 0.05) is 28.9 Å². The van der Waals surface area contributed by atoms with Crippen LogP contribution in [0.1, 0.15) is 10.4 Å². The smallest absolute Gasteiger partial charge is 0.364 e. The minimum atomic E-state index is -0.846. The van der Waals surface area contributed by atoms with Crippen molar-refractivity contribution in [2.75, 3.05) is 12.4 Å². The summed E-state index contributed by atoms with van der Waals surface area (Å²) in [5.74, 6) is 0.0444. The number of hydrogen-bond acceptors (Lipinski definition) is 5. The molecule has 10 nitrogen and oxygen atoms in total. The third-order valence-corrected chi connectivity index (χ3v) is 5.40. The molecule has 1 aromatic heterocycles. The summed E-state index contributed by atoms with van der Waals surface area (Å²) in [6.45, 7) is 0. The van der Waals surface area contributed by atoms with Gasteiger partial charge in [-0.3, -0.25) is 20.0 Å². The highest BCUT2D eigenvalue weighted by molar-refractivity contribution is 6.16. The Balaban J connectivity index is 1.47. The molecule has 0 unspecified atom stereocenters. The summed E-state index contributed by atoms with van der Waals surface area (Å²) < 4.78 is 5.21. The molecule has 2 heterocycles. The molecule has 4 N–H and O–H groups in total. The standard InChI is InChI=1S/C24H18N6O4/c1-34-15-7-5-13(6-8-15)20-19-21(28-27-20)16-3-2-4-17(18(16)22(19)31)26-24(33)30-29-23(32)14-9-11-25-12-10-14/h2-12,27-28,31H,1H3,(H,26,33). The van der Waals surface area contributed by atoms with Crippen molar-refractivity contribution in [1.82, 2.24) is 15.2 Å². The van der Waals surface area contributed by atoms with Gasteiger partial charge in [-0.15, -0.1) is 5.11 Å². The number of nitrogens with one attached hydrogen (secondary N) is 3. The fourth-order valence-electron chi connectivity index (χ4n) is 3.82. The summed E-state index contributed by atoms with van der Waals surface area (Å²) in [4.78, 5) is 28.2. The number of carbonyl (C=O) groups excluding carboxylic acids is 2. The minimum Gasteiger partial charge on any atom is -0.506 e. The Kier molecular flexibility index (Phi) is 5.23. The lowest BCUT2D eigenvalue weighted by atomic mass is 10.1. The summed E-state index contributed by atoms with van der Waals surface area (Å²) >= 11 is 0. The average Bonchev–Trinajstić information content (AvgIpc) is 3.43. The fraction of sp³-hybridized carbons (Fsp3) is 0.0417. The topological polar surface area (TPSA) is 145 Å². The largest absolute Gasteiger partial charge is 0.506 e. The molecule has 0 saturated heterocycles. The molecule has 3 amide bonds. The molecule has 0 atom stereocenters. The van der Waals surface area contributed by atoms with Crippen LogP contribution in [-0.4, -0.2) is 39.3 Å². The molecule has 0 bridgehead atoms. The van der Waals surface area contributed by atoms with Gasteiger partial charge in [-0.05, 0) is 42.5 Å². The molecule has 3 aromatic rings. The van der Waals surface area contributed by atoms with E-state index in [2.05, 4.69) is 30.7 Å². The molecule has 0 fully saturated rings. The van der Waals surface area contributed by atoms with Gasteiger partial charge in [-0.2, -0.15) is 0 Å². The number of H-pyrrole nitrogens is 2. The van der Waals surface area contributed by atoms with Gasteiger partial charge < -0.3 is 15.2 Å². The number of amides is 3. The van der Waals surface area contributed by atoms with Gasteiger partial charge in [0.25, 0.3) is 5.91 Å². The second-order valence-electron chi connectivity index (χ2n) is 7.35. The lowest BCUT2D eigenvalue weighted by Crippen LogP contribution is -2.06. The number of hydrogen-bond donors (Lipinski definition) is 4. The van der Waals surface area contributed by atoms with E-state index in [1.807, 2.05) is 30.3 Å². The summed E-state index contributed by atoms with van der Waals surface area (Å²) in [5.41, 5.74) is 3.39. The van der Waals surface area contributed by atoms with Crippen molar-refractivity contribution in [1.29, 1.82) is 0 Å². The van der Waals surface area contributed by atoms with E-state index in [1.54, 1.807) is 19.2 Å². The highest BCUT2D eigenvalue weighted by atomic mass is 16.5. The molecular formula is C24H18N6O4. The summed E-state index contributed by atoms with van der Waals surface area (Å²) in [5, 5.41) is 28.0. The Hall–Kier alpha value is -4.99. The maximum Gasteiger partial charge on any atom is 0.364 e. The number of aromatic hydroxyl groups is 1. The zero-order chi connectivity index (χ0) is 23.7. The predicted molar refractivity (Wildman–Crippen MR) is 125 cm³/mol. The van der Waals surface area contributed by atoms with Crippen LogP contribution in [-0.2, 0) is 0 Å². The number of urea groups is 1. The molecule has 1 aliphatic heterocycles. The maximum absolute atomic E-state index is 12.4. The van der Waals surface area contributed by atoms with Crippen LogP contribution < -0.4 is 10.1 Å². The summed E-state index contributed by atoms with van der Waals surface area (Å²) in [7, 11) is 1.59. The molecule has 5 rings (SSSR count). The number of carbonyl (C=O) groups is 2. The van der Waals surface area contributed by atoms with Crippen LogP contribution in [0.4, 0.5) is 10.5 Å². The quantitative estimate of drug-likeness (QED) is 0.276. The van der Waals surface area contributed by atoms with Gasteiger partial charge in [0.15, 0.2) is 0 Å². The number of rotatable bonds is 4. The van der Waals surface area contributed by atoms with Crippen molar-refractivity contribution in [2.45, 2.75) is 0 Å². The number of methoxy groups -OCH3 is 1. The predicted octanol–water partition coefficient (Wildman–Crippen LogP) is 5.20. The van der Waals surface area contributed by atoms with E-state index in [-0.39, 0.29) is 11.3 Å². The Morgan fingerprint density at radius 3 is 2.44 bits per heavy atom. The highest BCUT2D eigenvalue weighted by Gasteiger charge is 2.26. The molecule has 0 saturated carbocycles. The normalized spacial score (nSPS) is 11.3. The van der Waals surface area contributed by atoms with Gasteiger partial charge in [0.1, 0.15) is 11.5 Å². The van der Waals surface area contributed by atoms with Crippen molar-refractivity contribution in [2.24, 2.45) is 10.2 Å². The first-order valence-corrected chi connectivity index (χ1v) is 10.2. The number of aromatic nitrogens is 3. The molecule has 2 aromatic carbocycles. The zero-order valence-corrected chi connectivity index (χ0v) is 17.9. The summed E-state index contributed by atoms with van der Waals surface area (Å²) in [6, 6.07) is 14.7. The second kappa shape index (κ2) is 8.51. The van der Waals surface area contributed by atoms with Gasteiger partial charge in [-0.1, -0.05) is 17.2 Å². The van der Waals surface area contributed by atoms with E-state index < -0.39 is 11.9 Å². The summed E-state index contributed by atoms with van der Waals surface area (Å²) in [6.07, 6.45) is 2.89. The van der Waals surface area contributed by atoms with Crippen LogP contribution in [0.2, 0.25) is 0 Å². The van der Waals surface area contributed by atoms with Crippen LogP contribution in [0.15, 0.2) is 77.2 Å². The molecular weight excluding hydrogens is 436 g/mol. The van der Waals surface area contributed by atoms with Crippen LogP contribution in [0, 0.1) is 0 Å². The van der Waals surface area contributed by atoms with Gasteiger partial charge in [0.2, 0.25) is 0 Å². The number of benzene rings is 2. The van der Waals surface area contributed by atoms with E-state index in [0.717, 1.165) is 5.56 Å². The number of aromatic amines is 2. The number of pyridine rings is 1. The van der Waals surface area contributed by atoms with Crippen molar-refractivity contribution in [3.63, 3.8) is 0 Å². The van der Waals surface area contributed by atoms with Crippen molar-refractivity contribution >= 4 is 28.4 Å². The van der Waals surface area contributed by atoms with E-state index >= 15 is 0 Å². The minimum absolute atomic E-state index is 0.00554. The second-order valence-corrected chi connectivity index (χ2v) is 7.35. The first-order chi connectivity index (χ1) is 16.6. The molecule has 168 valence electrons. The number of anilines is 1. The number of azo groups is 1. The fourth-order valence-corrected chi connectivity index (χ4v) is 3.82. The van der Waals surface area contributed by atoms with Crippen molar-refractivity contribution in [3.05, 3.63) is 72.6 Å². The van der Waals surface area contributed by atoms with Crippen LogP contribution >= 0.6 is 0 Å². The van der Waals surface area contributed by atoms with Crippen molar-refractivity contribution in [3.8, 4) is 34.0 Å². The van der Waals surface area contributed by atoms with E-state index in [4.69, 9.17) is 4.74 Å². The van der Waals surface area contributed by atoms with Gasteiger partial charge >= 0.3 is 6.03 Å². The van der Waals surface area contributed by atoms with Crippen LogP contribution in [0.3, 0.4) is 0 Å². The Labute approximate surface area is 192 Å². The molecule has 2 aliphatic rings. The van der Waals surface area contributed by atoms with Gasteiger partial charge in [0.05, 0.1) is 35.1 Å². The van der Waals surface area contributed by atoms with Crippen LogP contribution in [0.25, 0.3) is 33.3 Å². The molecule has 34 heavy (non-hydrogen) atoms. The monoisotopic (exact) mass is 454 g/mol. The van der Waals surface area contributed by atoms with Gasteiger partial charge in [-0.25, -0.2) is 4.79 Å². The number of ether oxygens (including phenoxy) is 1. The number of nitrogens with zero attached hydrogens (tertiary/aromatic N) is 3. The Morgan fingerprint density at radius 1 is 0.971 bits per heavy atom. The van der Waals surface area contributed by atoms with E-state index in [9.17, 15) is 14.7 Å². The van der Waals surface area contributed by atoms with E-state index in [1.165, 1.54) is 24.5 Å². The lowest BCUT2D eigenvalue weighted by Gasteiger charge is -2.05. The molecule has 1 aliphatic carbocycles. The van der Waals surface area contributed by atoms with E-state index in [0.29, 0.717) is 39.2 Å². The third-order valence-electron chi connectivity index (χ3n) is 5.40. The number of fused-ring (bicyclic) bond motifs is 3. The zero-order valence-electron chi connectivity index (χ0n) is 17.9. The Bertz CT molecular complexity index is 1500. The van der Waals surface area contributed by atoms with Crippen molar-refractivity contribution < 1.29 is 19.4 Å². The lowest BCUT2D eigenvalue weighted by molar-refractivity contribution is 0.0994. The third kappa shape index (κ3) is 3.62. The highest BCUT2D eigenvalue weighted by Crippen LogP contribution is 2.49. The molecule has 0 radical (unpaired) electrons. The molecule has 10 heteroatoms. The molecule has 0 spiro atoms. The first-order valence-electron chi connectivity index (χ1n) is 10.2. The van der Waals surface area contributed by atoms with Crippen LogP contribution in [0.5, 0.6) is 11.5 Å². The average molecular weight is 454 g/mol.